The molecule has 0 amide bonds. The number of fused-ring (bicyclic) bond motifs is 3. The first-order valence-electron chi connectivity index (χ1n) is 6.68. The molecular formula is C16H12N4S. The third kappa shape index (κ3) is 2.36. The monoisotopic (exact) mass is 292 g/mol. The third-order valence-corrected chi connectivity index (χ3v) is 4.22. The molecule has 2 aromatic heterocycles. The summed E-state index contributed by atoms with van der Waals surface area (Å²) >= 11 is 1.59. The number of H-pyrrole nitrogens is 1. The Morgan fingerprint density at radius 3 is 2.62 bits per heavy atom. The van der Waals surface area contributed by atoms with Crippen LogP contribution in [0.1, 0.15) is 5.56 Å². The summed E-state index contributed by atoms with van der Waals surface area (Å²) in [5, 5.41) is 10.3. The minimum Gasteiger partial charge on any atom is -0.338 e. The van der Waals surface area contributed by atoms with Crippen molar-refractivity contribution in [3.63, 3.8) is 0 Å². The molecule has 0 saturated carbocycles. The number of aromatic amines is 1. The molecule has 0 aliphatic carbocycles. The summed E-state index contributed by atoms with van der Waals surface area (Å²) in [6.45, 7) is 0. The van der Waals surface area contributed by atoms with Gasteiger partial charge in [0.25, 0.3) is 0 Å². The zero-order valence-corrected chi connectivity index (χ0v) is 12.0. The minimum absolute atomic E-state index is 0.693. The Hall–Kier alpha value is -2.40. The highest BCUT2D eigenvalue weighted by atomic mass is 32.2. The van der Waals surface area contributed by atoms with Gasteiger partial charge in [0.1, 0.15) is 5.52 Å². The van der Waals surface area contributed by atoms with Gasteiger partial charge in [0.05, 0.1) is 0 Å². The van der Waals surface area contributed by atoms with Gasteiger partial charge in [-0.25, -0.2) is 4.98 Å². The minimum atomic E-state index is 0.693. The van der Waals surface area contributed by atoms with Gasteiger partial charge in [-0.2, -0.15) is 0 Å². The van der Waals surface area contributed by atoms with Crippen molar-refractivity contribution in [3.05, 3.63) is 60.2 Å². The second kappa shape index (κ2) is 5.18. The van der Waals surface area contributed by atoms with Gasteiger partial charge in [0.2, 0.25) is 5.16 Å². The SMILES string of the molecule is c1ccc(CSc2nnc3c(n2)[nH]c2ccccc23)cc1. The predicted octanol–water partition coefficient (Wildman–Crippen LogP) is 3.80. The first kappa shape index (κ1) is 12.3. The van der Waals surface area contributed by atoms with Gasteiger partial charge in [-0.15, -0.1) is 10.2 Å². The maximum Gasteiger partial charge on any atom is 0.211 e. The van der Waals surface area contributed by atoms with Crippen molar-refractivity contribution in [1.29, 1.82) is 0 Å². The number of nitrogens with zero attached hydrogens (tertiary/aromatic N) is 3. The molecule has 0 atom stereocenters. The Morgan fingerprint density at radius 1 is 0.905 bits per heavy atom. The van der Waals surface area contributed by atoms with E-state index in [-0.39, 0.29) is 0 Å². The normalized spacial score (nSPS) is 11.2. The molecule has 4 nitrogen and oxygen atoms in total. The average Bonchev–Trinajstić information content (AvgIpc) is 2.91. The van der Waals surface area contributed by atoms with Crippen LogP contribution in [-0.2, 0) is 5.75 Å². The van der Waals surface area contributed by atoms with Crippen LogP contribution in [0.4, 0.5) is 0 Å². The smallest absolute Gasteiger partial charge is 0.211 e. The van der Waals surface area contributed by atoms with Crippen LogP contribution in [0.15, 0.2) is 59.8 Å². The molecule has 2 heterocycles. The summed E-state index contributed by atoms with van der Waals surface area (Å²) in [6, 6.07) is 18.3. The van der Waals surface area contributed by atoms with Crippen LogP contribution in [0, 0.1) is 0 Å². The van der Waals surface area contributed by atoms with Gasteiger partial charge < -0.3 is 4.98 Å². The van der Waals surface area contributed by atoms with E-state index < -0.39 is 0 Å². The lowest BCUT2D eigenvalue weighted by Gasteiger charge is -1.99. The van der Waals surface area contributed by atoms with Crippen molar-refractivity contribution >= 4 is 33.8 Å². The van der Waals surface area contributed by atoms with E-state index >= 15 is 0 Å². The van der Waals surface area contributed by atoms with E-state index in [0.29, 0.717) is 5.16 Å². The maximum atomic E-state index is 4.56. The number of para-hydroxylation sites is 1. The highest BCUT2D eigenvalue weighted by Crippen LogP contribution is 2.24. The molecule has 0 radical (unpaired) electrons. The van der Waals surface area contributed by atoms with E-state index in [0.717, 1.165) is 27.8 Å². The van der Waals surface area contributed by atoms with Crippen molar-refractivity contribution in [1.82, 2.24) is 20.2 Å². The Balaban J connectivity index is 1.66. The number of benzene rings is 2. The van der Waals surface area contributed by atoms with Crippen LogP contribution in [0.2, 0.25) is 0 Å². The maximum absolute atomic E-state index is 4.56. The molecular weight excluding hydrogens is 280 g/mol. The first-order chi connectivity index (χ1) is 10.4. The lowest BCUT2D eigenvalue weighted by Crippen LogP contribution is -1.91. The molecule has 21 heavy (non-hydrogen) atoms. The van der Waals surface area contributed by atoms with Crippen LogP contribution in [0.3, 0.4) is 0 Å². The number of hydrogen-bond donors (Lipinski definition) is 1. The van der Waals surface area contributed by atoms with E-state index in [2.05, 4.69) is 32.3 Å². The molecule has 0 aliphatic rings. The molecule has 1 N–H and O–H groups in total. The van der Waals surface area contributed by atoms with E-state index in [1.165, 1.54) is 5.56 Å². The molecule has 0 unspecified atom stereocenters. The van der Waals surface area contributed by atoms with E-state index in [1.54, 1.807) is 11.8 Å². The van der Waals surface area contributed by atoms with Gasteiger partial charge >= 0.3 is 0 Å². The molecule has 0 spiro atoms. The molecule has 0 aliphatic heterocycles. The summed E-state index contributed by atoms with van der Waals surface area (Å²) < 4.78 is 0. The molecule has 5 heteroatoms. The van der Waals surface area contributed by atoms with Gasteiger partial charge in [0.15, 0.2) is 5.65 Å². The topological polar surface area (TPSA) is 54.5 Å². The second-order valence-electron chi connectivity index (χ2n) is 4.74. The standard InChI is InChI=1S/C16H12N4S/c1-2-6-11(7-3-1)10-21-16-18-15-14(19-20-16)12-8-4-5-9-13(12)17-15/h1-9H,10H2,(H,17,18,20). The summed E-state index contributed by atoms with van der Waals surface area (Å²) in [6.07, 6.45) is 0. The summed E-state index contributed by atoms with van der Waals surface area (Å²) in [7, 11) is 0. The summed E-state index contributed by atoms with van der Waals surface area (Å²) in [5.74, 6) is 0.842. The molecule has 4 aromatic rings. The Kier molecular flexibility index (Phi) is 3.05. The van der Waals surface area contributed by atoms with Gasteiger partial charge in [-0.05, 0) is 11.6 Å². The van der Waals surface area contributed by atoms with E-state index in [9.17, 15) is 0 Å². The number of nitrogens with one attached hydrogen (secondary N) is 1. The van der Waals surface area contributed by atoms with E-state index in [4.69, 9.17) is 0 Å². The fraction of sp³-hybridized carbons (Fsp3) is 0.0625. The number of rotatable bonds is 3. The zero-order valence-electron chi connectivity index (χ0n) is 11.2. The zero-order chi connectivity index (χ0) is 14.1. The van der Waals surface area contributed by atoms with Gasteiger partial charge in [0, 0.05) is 16.7 Å². The lowest BCUT2D eigenvalue weighted by atomic mass is 10.2. The highest BCUT2D eigenvalue weighted by Gasteiger charge is 2.08. The van der Waals surface area contributed by atoms with Crippen molar-refractivity contribution in [3.8, 4) is 0 Å². The van der Waals surface area contributed by atoms with Crippen LogP contribution in [-0.4, -0.2) is 20.2 Å². The molecule has 0 fully saturated rings. The van der Waals surface area contributed by atoms with Crippen LogP contribution >= 0.6 is 11.8 Å². The third-order valence-electron chi connectivity index (χ3n) is 3.31. The predicted molar refractivity (Wildman–Crippen MR) is 85.2 cm³/mol. The van der Waals surface area contributed by atoms with Crippen molar-refractivity contribution in [2.45, 2.75) is 10.9 Å². The Bertz CT molecular complexity index is 902. The summed E-state index contributed by atoms with van der Waals surface area (Å²) in [4.78, 5) is 7.85. The first-order valence-corrected chi connectivity index (χ1v) is 7.66. The van der Waals surface area contributed by atoms with E-state index in [1.807, 2.05) is 42.5 Å². The molecule has 2 aromatic carbocycles. The Morgan fingerprint density at radius 2 is 1.71 bits per heavy atom. The van der Waals surface area contributed by atoms with Crippen LogP contribution in [0.5, 0.6) is 0 Å². The Labute approximate surface area is 125 Å². The lowest BCUT2D eigenvalue weighted by molar-refractivity contribution is 0.878. The number of aromatic nitrogens is 4. The van der Waals surface area contributed by atoms with Gasteiger partial charge in [-0.1, -0.05) is 60.3 Å². The quantitative estimate of drug-likeness (QED) is 0.584. The van der Waals surface area contributed by atoms with Crippen molar-refractivity contribution in [2.75, 3.05) is 0 Å². The fourth-order valence-electron chi connectivity index (χ4n) is 2.29. The molecule has 102 valence electrons. The number of hydrogen-bond acceptors (Lipinski definition) is 4. The largest absolute Gasteiger partial charge is 0.338 e. The number of thioether (sulfide) groups is 1. The second-order valence-corrected chi connectivity index (χ2v) is 5.68. The van der Waals surface area contributed by atoms with Gasteiger partial charge in [-0.3, -0.25) is 0 Å². The average molecular weight is 292 g/mol. The van der Waals surface area contributed by atoms with Crippen molar-refractivity contribution in [2.24, 2.45) is 0 Å². The van der Waals surface area contributed by atoms with Crippen LogP contribution < -0.4 is 0 Å². The summed E-state index contributed by atoms with van der Waals surface area (Å²) in [5.41, 5.74) is 3.92. The van der Waals surface area contributed by atoms with Crippen LogP contribution in [0.25, 0.3) is 22.1 Å². The fourth-order valence-corrected chi connectivity index (χ4v) is 3.03. The van der Waals surface area contributed by atoms with Crippen molar-refractivity contribution < 1.29 is 0 Å². The molecule has 4 rings (SSSR count). The molecule has 0 saturated heterocycles. The highest BCUT2D eigenvalue weighted by molar-refractivity contribution is 7.98. The molecule has 0 bridgehead atoms.